The highest BCUT2D eigenvalue weighted by atomic mass is 32.2. The van der Waals surface area contributed by atoms with Crippen molar-refractivity contribution < 1.29 is 4.79 Å². The van der Waals surface area contributed by atoms with E-state index in [1.54, 1.807) is 23.7 Å². The fourth-order valence-corrected chi connectivity index (χ4v) is 5.02. The monoisotopic (exact) mass is 431 g/mol. The van der Waals surface area contributed by atoms with Crippen LogP contribution < -0.4 is 5.32 Å². The first-order valence-electron chi connectivity index (χ1n) is 9.34. The van der Waals surface area contributed by atoms with Gasteiger partial charge in [0.05, 0.1) is 17.5 Å². The summed E-state index contributed by atoms with van der Waals surface area (Å²) in [4.78, 5) is 22.2. The number of hydrogen-bond donors (Lipinski definition) is 2. The molecular weight excluding hydrogens is 414 g/mol. The van der Waals surface area contributed by atoms with Crippen molar-refractivity contribution in [2.24, 2.45) is 0 Å². The SMILES string of the molecule is Cc1ccnc(SCC(=O)Nc2cc(-c3cc4ccccc4s3)c3[nH]ncc3c2)n1. The minimum absolute atomic E-state index is 0.102. The lowest BCUT2D eigenvalue weighted by atomic mass is 10.1. The molecule has 0 atom stereocenters. The fraction of sp³-hybridized carbons (Fsp3) is 0.0909. The quantitative estimate of drug-likeness (QED) is 0.292. The molecule has 0 saturated carbocycles. The van der Waals surface area contributed by atoms with Crippen LogP contribution in [0.2, 0.25) is 0 Å². The van der Waals surface area contributed by atoms with E-state index in [9.17, 15) is 4.79 Å². The molecule has 1 amide bonds. The Bertz CT molecular complexity index is 1340. The maximum absolute atomic E-state index is 12.5. The third-order valence-electron chi connectivity index (χ3n) is 4.63. The van der Waals surface area contributed by atoms with Crippen LogP contribution in [0, 0.1) is 6.92 Å². The number of carbonyl (C=O) groups is 1. The molecule has 0 bridgehead atoms. The molecule has 0 aliphatic rings. The zero-order valence-corrected chi connectivity index (χ0v) is 17.7. The third-order valence-corrected chi connectivity index (χ3v) is 6.64. The van der Waals surface area contributed by atoms with Crippen molar-refractivity contribution in [3.63, 3.8) is 0 Å². The second kappa shape index (κ2) is 7.89. The molecule has 148 valence electrons. The van der Waals surface area contributed by atoms with E-state index in [4.69, 9.17) is 0 Å². The van der Waals surface area contributed by atoms with Gasteiger partial charge in [-0.25, -0.2) is 9.97 Å². The van der Waals surface area contributed by atoms with Gasteiger partial charge in [0.15, 0.2) is 5.16 Å². The van der Waals surface area contributed by atoms with Gasteiger partial charge in [-0.05, 0) is 42.6 Å². The van der Waals surface area contributed by atoms with Crippen LogP contribution in [-0.4, -0.2) is 31.8 Å². The van der Waals surface area contributed by atoms with Gasteiger partial charge in [-0.3, -0.25) is 9.89 Å². The van der Waals surface area contributed by atoms with E-state index >= 15 is 0 Å². The molecule has 5 rings (SSSR count). The first-order chi connectivity index (χ1) is 14.7. The minimum atomic E-state index is -0.102. The number of hydrogen-bond acceptors (Lipinski definition) is 6. The van der Waals surface area contributed by atoms with Crippen molar-refractivity contribution in [2.75, 3.05) is 11.1 Å². The van der Waals surface area contributed by atoms with Crippen molar-refractivity contribution in [2.45, 2.75) is 12.1 Å². The molecule has 0 unspecified atom stereocenters. The smallest absolute Gasteiger partial charge is 0.234 e. The molecule has 8 heteroatoms. The Morgan fingerprint density at radius 3 is 2.93 bits per heavy atom. The van der Waals surface area contributed by atoms with E-state index < -0.39 is 0 Å². The molecule has 2 N–H and O–H groups in total. The van der Waals surface area contributed by atoms with Crippen molar-refractivity contribution >= 4 is 55.7 Å². The van der Waals surface area contributed by atoms with E-state index in [1.807, 2.05) is 37.3 Å². The van der Waals surface area contributed by atoms with Gasteiger partial charge in [-0.15, -0.1) is 11.3 Å². The van der Waals surface area contributed by atoms with Gasteiger partial charge in [-0.2, -0.15) is 5.10 Å². The highest BCUT2D eigenvalue weighted by Gasteiger charge is 2.13. The Balaban J connectivity index is 1.41. The standard InChI is InChI=1S/C22H17N5OS2/c1-13-6-7-23-22(25-13)29-12-20(28)26-16-8-15-11-24-27-21(15)17(10-16)19-9-14-4-2-3-5-18(14)30-19/h2-11H,12H2,1H3,(H,24,27)(H,26,28). The molecule has 3 aromatic heterocycles. The summed E-state index contributed by atoms with van der Waals surface area (Å²) in [6.07, 6.45) is 3.48. The van der Waals surface area contributed by atoms with E-state index in [0.717, 1.165) is 32.7 Å². The molecular formula is C22H17N5OS2. The molecule has 5 aromatic rings. The number of rotatable bonds is 5. The van der Waals surface area contributed by atoms with Gasteiger partial charge in [0.2, 0.25) is 5.91 Å². The van der Waals surface area contributed by atoms with Gasteiger partial charge in [0.1, 0.15) is 0 Å². The normalized spacial score (nSPS) is 11.2. The molecule has 3 heterocycles. The average Bonchev–Trinajstić information content (AvgIpc) is 3.38. The van der Waals surface area contributed by atoms with Crippen molar-refractivity contribution in [3.05, 3.63) is 66.6 Å². The van der Waals surface area contributed by atoms with Crippen molar-refractivity contribution in [1.29, 1.82) is 0 Å². The van der Waals surface area contributed by atoms with Crippen LogP contribution in [0.4, 0.5) is 5.69 Å². The van der Waals surface area contributed by atoms with Crippen LogP contribution in [0.5, 0.6) is 0 Å². The van der Waals surface area contributed by atoms with Crippen LogP contribution in [0.15, 0.2) is 66.1 Å². The number of aryl methyl sites for hydroxylation is 1. The first kappa shape index (κ1) is 18.8. The van der Waals surface area contributed by atoms with E-state index in [2.05, 4.69) is 43.7 Å². The Labute approximate surface area is 180 Å². The Hall–Kier alpha value is -3.23. The van der Waals surface area contributed by atoms with E-state index in [-0.39, 0.29) is 11.7 Å². The lowest BCUT2D eigenvalue weighted by Gasteiger charge is -2.08. The zero-order chi connectivity index (χ0) is 20.5. The Morgan fingerprint density at radius 1 is 1.17 bits per heavy atom. The maximum atomic E-state index is 12.5. The lowest BCUT2D eigenvalue weighted by Crippen LogP contribution is -2.14. The average molecular weight is 432 g/mol. The number of H-pyrrole nitrogens is 1. The highest BCUT2D eigenvalue weighted by Crippen LogP contribution is 2.38. The van der Waals surface area contributed by atoms with E-state index in [0.29, 0.717) is 5.16 Å². The van der Waals surface area contributed by atoms with Crippen LogP contribution in [0.1, 0.15) is 5.69 Å². The lowest BCUT2D eigenvalue weighted by molar-refractivity contribution is -0.113. The maximum Gasteiger partial charge on any atom is 0.234 e. The topological polar surface area (TPSA) is 83.6 Å². The molecule has 0 spiro atoms. The number of aromatic amines is 1. The molecule has 6 nitrogen and oxygen atoms in total. The third kappa shape index (κ3) is 3.79. The molecule has 2 aromatic carbocycles. The number of fused-ring (bicyclic) bond motifs is 2. The van der Waals surface area contributed by atoms with Crippen LogP contribution in [0.3, 0.4) is 0 Å². The molecule has 30 heavy (non-hydrogen) atoms. The van der Waals surface area contributed by atoms with Crippen LogP contribution in [-0.2, 0) is 4.79 Å². The minimum Gasteiger partial charge on any atom is -0.325 e. The number of nitrogens with zero attached hydrogens (tertiary/aromatic N) is 3. The Kier molecular flexibility index (Phi) is 4.94. The van der Waals surface area contributed by atoms with Gasteiger partial charge in [0.25, 0.3) is 0 Å². The summed E-state index contributed by atoms with van der Waals surface area (Å²) in [5.41, 5.74) is 3.61. The molecule has 0 radical (unpaired) electrons. The number of carbonyl (C=O) groups excluding carboxylic acids is 1. The number of thiophene rings is 1. The van der Waals surface area contributed by atoms with Crippen molar-refractivity contribution in [3.8, 4) is 10.4 Å². The summed E-state index contributed by atoms with van der Waals surface area (Å²) in [7, 11) is 0. The summed E-state index contributed by atoms with van der Waals surface area (Å²) in [5.74, 6) is 0.140. The second-order valence-corrected chi connectivity index (χ2v) is 8.85. The number of aromatic nitrogens is 4. The zero-order valence-electron chi connectivity index (χ0n) is 16.0. The number of amides is 1. The Morgan fingerprint density at radius 2 is 2.07 bits per heavy atom. The highest BCUT2D eigenvalue weighted by molar-refractivity contribution is 7.99. The summed E-state index contributed by atoms with van der Waals surface area (Å²) < 4.78 is 1.23. The molecule has 0 aliphatic heterocycles. The van der Waals surface area contributed by atoms with Gasteiger partial charge in [0, 0.05) is 38.1 Å². The summed E-state index contributed by atoms with van der Waals surface area (Å²) in [5, 5.41) is 13.0. The summed E-state index contributed by atoms with van der Waals surface area (Å²) in [6.45, 7) is 1.90. The first-order valence-corrected chi connectivity index (χ1v) is 11.1. The van der Waals surface area contributed by atoms with Gasteiger partial charge in [-0.1, -0.05) is 30.0 Å². The fourth-order valence-electron chi connectivity index (χ4n) is 3.26. The number of nitrogens with one attached hydrogen (secondary N) is 2. The largest absolute Gasteiger partial charge is 0.325 e. The van der Waals surface area contributed by atoms with Crippen LogP contribution in [0.25, 0.3) is 31.4 Å². The number of benzene rings is 2. The van der Waals surface area contributed by atoms with Gasteiger partial charge >= 0.3 is 0 Å². The predicted octanol–water partition coefficient (Wildman–Crippen LogP) is 5.27. The molecule has 0 saturated heterocycles. The summed E-state index contributed by atoms with van der Waals surface area (Å²) >= 11 is 3.04. The van der Waals surface area contributed by atoms with Crippen molar-refractivity contribution in [1.82, 2.24) is 20.2 Å². The number of thioether (sulfide) groups is 1. The van der Waals surface area contributed by atoms with E-state index in [1.165, 1.54) is 21.8 Å². The van der Waals surface area contributed by atoms with Gasteiger partial charge < -0.3 is 5.32 Å². The predicted molar refractivity (Wildman–Crippen MR) is 123 cm³/mol. The second-order valence-electron chi connectivity index (χ2n) is 6.82. The molecule has 0 fully saturated rings. The van der Waals surface area contributed by atoms with Crippen LogP contribution >= 0.6 is 23.1 Å². The molecule has 0 aliphatic carbocycles. The number of anilines is 1. The summed E-state index contributed by atoms with van der Waals surface area (Å²) in [6, 6.07) is 16.2.